The Morgan fingerprint density at radius 1 is 0.960 bits per heavy atom. The smallest absolute Gasteiger partial charge is 0.128 e. The van der Waals surface area contributed by atoms with Gasteiger partial charge in [0.05, 0.1) is 0 Å². The van der Waals surface area contributed by atoms with Gasteiger partial charge in [0.2, 0.25) is 0 Å². The first-order chi connectivity index (χ1) is 11.7. The summed E-state index contributed by atoms with van der Waals surface area (Å²) in [6.07, 6.45) is 2.13. The molecule has 0 bridgehead atoms. The van der Waals surface area contributed by atoms with Crippen molar-refractivity contribution in [3.05, 3.63) is 41.0 Å². The van der Waals surface area contributed by atoms with Crippen LogP contribution in [-0.2, 0) is 0 Å². The number of rotatable bonds is 2. The van der Waals surface area contributed by atoms with Crippen LogP contribution in [0.1, 0.15) is 16.7 Å². The second kappa shape index (κ2) is 8.32. The quantitative estimate of drug-likeness (QED) is 0.353. The summed E-state index contributed by atoms with van der Waals surface area (Å²) in [6, 6.07) is 10.1. The van der Waals surface area contributed by atoms with Crippen molar-refractivity contribution in [3.63, 3.8) is 0 Å². The van der Waals surface area contributed by atoms with Gasteiger partial charge in [0, 0.05) is 30.9 Å². The molecular weight excluding hydrogens is 352 g/mol. The van der Waals surface area contributed by atoms with E-state index in [0.717, 1.165) is 17.2 Å². The monoisotopic (exact) mass is 380 g/mol. The van der Waals surface area contributed by atoms with E-state index in [-0.39, 0.29) is 0 Å². The standard InChI is InChI=1S/C22H28SSi2/c1-17-13-20-16-22(23-2)19(10-12-25(5,6)7)15-21(20)14-18(17)9-8-11-24(3)4/h13-16,24H,11H2,1-7H3. The molecule has 0 unspecified atom stereocenters. The zero-order valence-electron chi connectivity index (χ0n) is 16.5. The molecule has 3 heteroatoms. The summed E-state index contributed by atoms with van der Waals surface area (Å²) in [5.41, 5.74) is 7.07. The van der Waals surface area contributed by atoms with E-state index < -0.39 is 16.9 Å². The van der Waals surface area contributed by atoms with Crippen molar-refractivity contribution in [2.45, 2.75) is 50.6 Å². The van der Waals surface area contributed by atoms with Gasteiger partial charge >= 0.3 is 0 Å². The normalized spacial score (nSPS) is 11.0. The molecule has 0 radical (unpaired) electrons. The highest BCUT2D eigenvalue weighted by Gasteiger charge is 2.09. The van der Waals surface area contributed by atoms with Gasteiger partial charge in [-0.2, -0.15) is 0 Å². The van der Waals surface area contributed by atoms with Crippen molar-refractivity contribution in [2.24, 2.45) is 0 Å². The Bertz CT molecular complexity index is 897. The maximum absolute atomic E-state index is 3.50. The summed E-state index contributed by atoms with van der Waals surface area (Å²) in [6.45, 7) is 13.7. The highest BCUT2D eigenvalue weighted by molar-refractivity contribution is 7.98. The van der Waals surface area contributed by atoms with Gasteiger partial charge in [-0.25, -0.2) is 0 Å². The maximum atomic E-state index is 3.50. The number of benzene rings is 2. The lowest BCUT2D eigenvalue weighted by atomic mass is 10.0. The van der Waals surface area contributed by atoms with E-state index >= 15 is 0 Å². The molecule has 0 heterocycles. The van der Waals surface area contributed by atoms with Crippen LogP contribution in [0.25, 0.3) is 10.8 Å². The van der Waals surface area contributed by atoms with Crippen molar-refractivity contribution < 1.29 is 0 Å². The van der Waals surface area contributed by atoms with Crippen LogP contribution in [0.3, 0.4) is 0 Å². The fourth-order valence-corrected chi connectivity index (χ4v) is 4.04. The molecule has 25 heavy (non-hydrogen) atoms. The second-order valence-corrected chi connectivity index (χ2v) is 16.8. The number of hydrogen-bond acceptors (Lipinski definition) is 1. The van der Waals surface area contributed by atoms with Crippen molar-refractivity contribution in [2.75, 3.05) is 6.26 Å². The first-order valence-corrected chi connectivity index (χ1v) is 16.7. The fraction of sp³-hybridized carbons (Fsp3) is 0.364. The van der Waals surface area contributed by atoms with E-state index in [1.54, 1.807) is 11.8 Å². The van der Waals surface area contributed by atoms with Gasteiger partial charge in [-0.15, -0.1) is 23.2 Å². The minimum Gasteiger partial charge on any atom is -0.128 e. The van der Waals surface area contributed by atoms with Crippen LogP contribution in [0.2, 0.25) is 38.8 Å². The Hall–Kier alpha value is -1.40. The molecule has 0 aliphatic heterocycles. The minimum absolute atomic E-state index is 0.613. The largest absolute Gasteiger partial charge is 0.129 e. The average Bonchev–Trinajstić information content (AvgIpc) is 2.51. The van der Waals surface area contributed by atoms with Crippen LogP contribution in [0.4, 0.5) is 0 Å². The molecule has 130 valence electrons. The Kier molecular flexibility index (Phi) is 6.63. The summed E-state index contributed by atoms with van der Waals surface area (Å²) in [7, 11) is -1.99. The summed E-state index contributed by atoms with van der Waals surface area (Å²) >= 11 is 1.78. The zero-order chi connectivity index (χ0) is 18.6. The summed E-state index contributed by atoms with van der Waals surface area (Å²) in [5.74, 6) is 10.2. The van der Waals surface area contributed by atoms with Gasteiger partial charge in [0.15, 0.2) is 0 Å². The molecule has 0 aromatic heterocycles. The summed E-state index contributed by atoms with van der Waals surface area (Å²) in [5, 5.41) is 2.53. The number of thioether (sulfide) groups is 1. The van der Waals surface area contributed by atoms with Gasteiger partial charge in [0.1, 0.15) is 8.07 Å². The molecule has 2 aromatic carbocycles. The van der Waals surface area contributed by atoms with Crippen molar-refractivity contribution in [1.29, 1.82) is 0 Å². The van der Waals surface area contributed by atoms with Crippen molar-refractivity contribution >= 4 is 39.4 Å². The third-order valence-electron chi connectivity index (χ3n) is 3.81. The Morgan fingerprint density at radius 2 is 1.60 bits per heavy atom. The zero-order valence-corrected chi connectivity index (χ0v) is 19.5. The molecule has 0 fully saturated rings. The molecule has 0 saturated heterocycles. The SMILES string of the molecule is CSc1cc2cc(C)c(C#CC[SiH](C)C)cc2cc1C#C[Si](C)(C)C. The third-order valence-corrected chi connectivity index (χ3v) is 6.48. The van der Waals surface area contributed by atoms with Crippen LogP contribution in [-0.4, -0.2) is 23.1 Å². The third kappa shape index (κ3) is 5.82. The molecule has 2 aromatic rings. The molecular formula is C22H28SSi2. The lowest BCUT2D eigenvalue weighted by Crippen LogP contribution is -2.16. The molecule has 0 amide bonds. The first kappa shape index (κ1) is 19.9. The van der Waals surface area contributed by atoms with E-state index in [1.807, 2.05) is 0 Å². The van der Waals surface area contributed by atoms with Gasteiger partial charge in [-0.1, -0.05) is 50.6 Å². The number of aryl methyl sites for hydroxylation is 1. The lowest BCUT2D eigenvalue weighted by Gasteiger charge is -2.09. The van der Waals surface area contributed by atoms with Crippen molar-refractivity contribution in [3.8, 4) is 23.3 Å². The van der Waals surface area contributed by atoms with Gasteiger partial charge in [-0.3, -0.25) is 0 Å². The van der Waals surface area contributed by atoms with E-state index in [4.69, 9.17) is 0 Å². The van der Waals surface area contributed by atoms with Gasteiger partial charge in [0.25, 0.3) is 0 Å². The van der Waals surface area contributed by atoms with E-state index in [9.17, 15) is 0 Å². The van der Waals surface area contributed by atoms with Crippen LogP contribution in [0.15, 0.2) is 29.2 Å². The summed E-state index contributed by atoms with van der Waals surface area (Å²) < 4.78 is 0. The molecule has 0 aliphatic rings. The summed E-state index contributed by atoms with van der Waals surface area (Å²) in [4.78, 5) is 1.27. The molecule has 0 atom stereocenters. The van der Waals surface area contributed by atoms with Crippen LogP contribution in [0, 0.1) is 30.2 Å². The van der Waals surface area contributed by atoms with Gasteiger partial charge in [-0.05, 0) is 47.7 Å². The highest BCUT2D eigenvalue weighted by atomic mass is 32.2. The van der Waals surface area contributed by atoms with Gasteiger partial charge < -0.3 is 0 Å². The van der Waals surface area contributed by atoms with Crippen LogP contribution in [0.5, 0.6) is 0 Å². The Morgan fingerprint density at radius 3 is 2.20 bits per heavy atom. The van der Waals surface area contributed by atoms with Crippen molar-refractivity contribution in [1.82, 2.24) is 0 Å². The van der Waals surface area contributed by atoms with E-state index in [2.05, 4.69) is 93.5 Å². The number of fused-ring (bicyclic) bond motifs is 1. The molecule has 0 N–H and O–H groups in total. The number of hydrogen-bond donors (Lipinski definition) is 0. The Labute approximate surface area is 160 Å². The lowest BCUT2D eigenvalue weighted by molar-refractivity contribution is 1.42. The topological polar surface area (TPSA) is 0 Å². The maximum Gasteiger partial charge on any atom is 0.129 e. The molecule has 0 aliphatic carbocycles. The average molecular weight is 381 g/mol. The fourth-order valence-electron chi connectivity index (χ4n) is 2.45. The second-order valence-electron chi connectivity index (χ2n) is 7.97. The molecule has 2 rings (SSSR count). The first-order valence-electron chi connectivity index (χ1n) is 8.84. The van der Waals surface area contributed by atoms with E-state index in [1.165, 1.54) is 21.2 Å². The Balaban J connectivity index is 2.55. The molecule has 0 nitrogen and oxygen atoms in total. The van der Waals surface area contributed by atoms with Crippen LogP contribution < -0.4 is 0 Å². The highest BCUT2D eigenvalue weighted by Crippen LogP contribution is 2.28. The predicted molar refractivity (Wildman–Crippen MR) is 121 cm³/mol. The molecule has 0 saturated carbocycles. The molecule has 0 spiro atoms. The van der Waals surface area contributed by atoms with Crippen LogP contribution >= 0.6 is 11.8 Å². The predicted octanol–water partition coefficient (Wildman–Crippen LogP) is 5.94. The minimum atomic E-state index is -1.38. The van der Waals surface area contributed by atoms with E-state index in [0.29, 0.717) is 0 Å².